The summed E-state index contributed by atoms with van der Waals surface area (Å²) in [6, 6.07) is 11.0. The summed E-state index contributed by atoms with van der Waals surface area (Å²) in [5.74, 6) is 0.335. The normalized spacial score (nSPS) is 17.0. The van der Waals surface area contributed by atoms with Crippen LogP contribution in [0.15, 0.2) is 48.8 Å². The minimum absolute atomic E-state index is 0.244. The van der Waals surface area contributed by atoms with Crippen molar-refractivity contribution in [3.05, 3.63) is 54.4 Å². The van der Waals surface area contributed by atoms with Gasteiger partial charge in [0, 0.05) is 24.3 Å². The van der Waals surface area contributed by atoms with Gasteiger partial charge in [-0.25, -0.2) is 9.31 Å². The van der Waals surface area contributed by atoms with Crippen molar-refractivity contribution in [1.29, 1.82) is 0 Å². The zero-order chi connectivity index (χ0) is 17.2. The molecule has 3 heterocycles. The highest BCUT2D eigenvalue weighted by atomic mass is 16.5. The van der Waals surface area contributed by atoms with Crippen LogP contribution >= 0.6 is 0 Å². The largest absolute Gasteiger partial charge is 0.493 e. The molecule has 0 saturated carbocycles. The molecule has 1 aromatic carbocycles. The topological polar surface area (TPSA) is 73.1 Å². The van der Waals surface area contributed by atoms with Gasteiger partial charge in [0.2, 0.25) is 0 Å². The summed E-state index contributed by atoms with van der Waals surface area (Å²) in [7, 11) is 0. The molecular formula is C19H18N2O4. The molecule has 1 atom stereocenters. The molecule has 4 rings (SSSR count). The van der Waals surface area contributed by atoms with Crippen molar-refractivity contribution < 1.29 is 19.4 Å². The third kappa shape index (κ3) is 3.21. The second kappa shape index (κ2) is 6.57. The number of aromatic nitrogens is 2. The Morgan fingerprint density at radius 2 is 2.16 bits per heavy atom. The molecule has 0 spiro atoms. The average Bonchev–Trinajstić information content (AvgIpc) is 3.29. The molecule has 0 bridgehead atoms. The third-order valence-electron chi connectivity index (χ3n) is 4.44. The van der Waals surface area contributed by atoms with Crippen molar-refractivity contribution >= 4 is 11.5 Å². The third-order valence-corrected chi connectivity index (χ3v) is 4.44. The minimum atomic E-state index is -0.950. The summed E-state index contributed by atoms with van der Waals surface area (Å²) < 4.78 is 12.8. The first-order valence-corrected chi connectivity index (χ1v) is 8.22. The number of carbonyl (C=O) groups is 1. The smallest absolute Gasteiger partial charge is 0.335 e. The van der Waals surface area contributed by atoms with E-state index in [-0.39, 0.29) is 5.56 Å². The zero-order valence-electron chi connectivity index (χ0n) is 13.6. The molecule has 1 N–H and O–H groups in total. The van der Waals surface area contributed by atoms with E-state index >= 15 is 0 Å². The first-order chi connectivity index (χ1) is 12.2. The number of hydrogen-bond donors (Lipinski definition) is 1. The van der Waals surface area contributed by atoms with Gasteiger partial charge in [-0.2, -0.15) is 5.10 Å². The lowest BCUT2D eigenvalue weighted by molar-refractivity contribution is 0.0697. The maximum Gasteiger partial charge on any atom is 0.335 e. The number of ether oxygens (including phenoxy) is 2. The van der Waals surface area contributed by atoms with Gasteiger partial charge >= 0.3 is 5.97 Å². The summed E-state index contributed by atoms with van der Waals surface area (Å²) in [6.45, 7) is 2.25. The predicted octanol–water partition coefficient (Wildman–Crippen LogP) is 3.11. The van der Waals surface area contributed by atoms with Crippen molar-refractivity contribution in [3.63, 3.8) is 0 Å². The van der Waals surface area contributed by atoms with E-state index in [2.05, 4.69) is 5.10 Å². The number of carboxylic acids is 1. The predicted molar refractivity (Wildman–Crippen MR) is 92.0 cm³/mol. The van der Waals surface area contributed by atoms with E-state index in [4.69, 9.17) is 9.47 Å². The molecule has 0 radical (unpaired) electrons. The Labute approximate surface area is 144 Å². The number of hydrogen-bond acceptors (Lipinski definition) is 4. The van der Waals surface area contributed by atoms with E-state index in [0.717, 1.165) is 42.0 Å². The van der Waals surface area contributed by atoms with Gasteiger partial charge in [-0.15, -0.1) is 0 Å². The van der Waals surface area contributed by atoms with E-state index < -0.39 is 5.97 Å². The van der Waals surface area contributed by atoms with Crippen molar-refractivity contribution in [2.24, 2.45) is 5.92 Å². The van der Waals surface area contributed by atoms with Crippen molar-refractivity contribution in [3.8, 4) is 16.9 Å². The van der Waals surface area contributed by atoms with Crippen LogP contribution in [0.1, 0.15) is 16.8 Å². The number of rotatable bonds is 5. The quantitative estimate of drug-likeness (QED) is 0.774. The molecular weight excluding hydrogens is 320 g/mol. The molecule has 1 aliphatic rings. The molecule has 1 unspecified atom stereocenters. The first-order valence-electron chi connectivity index (χ1n) is 8.22. The van der Waals surface area contributed by atoms with Crippen LogP contribution in [0.2, 0.25) is 0 Å². The number of fused-ring (bicyclic) bond motifs is 1. The second-order valence-corrected chi connectivity index (χ2v) is 6.17. The highest BCUT2D eigenvalue weighted by Crippen LogP contribution is 2.27. The molecule has 1 saturated heterocycles. The number of benzene rings is 1. The average molecular weight is 338 g/mol. The lowest BCUT2D eigenvalue weighted by Crippen LogP contribution is -2.11. The minimum Gasteiger partial charge on any atom is -0.493 e. The van der Waals surface area contributed by atoms with Gasteiger partial charge < -0.3 is 14.6 Å². The monoisotopic (exact) mass is 338 g/mol. The van der Waals surface area contributed by atoms with E-state index in [1.165, 1.54) is 6.07 Å². The molecule has 6 heteroatoms. The fourth-order valence-electron chi connectivity index (χ4n) is 3.00. The lowest BCUT2D eigenvalue weighted by Gasteiger charge is -2.10. The van der Waals surface area contributed by atoms with Crippen LogP contribution in [0.4, 0.5) is 0 Å². The molecule has 2 aromatic heterocycles. The Bertz CT molecular complexity index is 895. The van der Waals surface area contributed by atoms with Crippen LogP contribution in [-0.2, 0) is 4.74 Å². The van der Waals surface area contributed by atoms with E-state index in [1.54, 1.807) is 23.0 Å². The number of pyridine rings is 1. The van der Waals surface area contributed by atoms with Gasteiger partial charge in [0.1, 0.15) is 5.75 Å². The van der Waals surface area contributed by atoms with Crippen molar-refractivity contribution in [1.82, 2.24) is 9.61 Å². The molecule has 25 heavy (non-hydrogen) atoms. The van der Waals surface area contributed by atoms with Gasteiger partial charge in [0.25, 0.3) is 0 Å². The van der Waals surface area contributed by atoms with Gasteiger partial charge in [0.05, 0.1) is 30.5 Å². The number of nitrogens with zero attached hydrogens (tertiary/aromatic N) is 2. The summed E-state index contributed by atoms with van der Waals surface area (Å²) in [6.07, 6.45) is 4.45. The first kappa shape index (κ1) is 15.7. The van der Waals surface area contributed by atoms with Crippen LogP contribution in [0.3, 0.4) is 0 Å². The van der Waals surface area contributed by atoms with E-state index in [9.17, 15) is 9.90 Å². The molecule has 1 fully saturated rings. The Morgan fingerprint density at radius 3 is 2.88 bits per heavy atom. The summed E-state index contributed by atoms with van der Waals surface area (Å²) in [5.41, 5.74) is 2.86. The van der Waals surface area contributed by atoms with Gasteiger partial charge in [-0.1, -0.05) is 12.1 Å². The van der Waals surface area contributed by atoms with Crippen LogP contribution in [0, 0.1) is 5.92 Å². The Balaban J connectivity index is 1.56. The fraction of sp³-hybridized carbons (Fsp3) is 0.263. The number of carboxylic acid groups (broad SMARTS) is 1. The van der Waals surface area contributed by atoms with Crippen LogP contribution in [0.5, 0.6) is 5.75 Å². The highest BCUT2D eigenvalue weighted by Gasteiger charge is 2.16. The Morgan fingerprint density at radius 1 is 1.32 bits per heavy atom. The fourth-order valence-corrected chi connectivity index (χ4v) is 3.00. The lowest BCUT2D eigenvalue weighted by atomic mass is 10.1. The van der Waals surface area contributed by atoms with Crippen LogP contribution in [0.25, 0.3) is 16.6 Å². The van der Waals surface area contributed by atoms with Crippen LogP contribution < -0.4 is 4.74 Å². The second-order valence-electron chi connectivity index (χ2n) is 6.17. The Hall–Kier alpha value is -2.86. The maximum atomic E-state index is 11.2. The van der Waals surface area contributed by atoms with Crippen molar-refractivity contribution in [2.75, 3.05) is 19.8 Å². The SMILES string of the molecule is O=C(O)c1ccn2ncc(-c3ccc(OCC4CCOC4)cc3)c2c1. The summed E-state index contributed by atoms with van der Waals surface area (Å²) >= 11 is 0. The number of aromatic carboxylic acids is 1. The standard InChI is InChI=1S/C19H18N2O4/c22-19(23)15-5-7-21-18(9-15)17(10-20-21)14-1-3-16(4-2-14)25-12-13-6-8-24-11-13/h1-5,7,9-10,13H,6,8,11-12H2,(H,22,23). The zero-order valence-corrected chi connectivity index (χ0v) is 13.6. The highest BCUT2D eigenvalue weighted by molar-refractivity contribution is 5.91. The molecule has 0 aliphatic carbocycles. The molecule has 6 nitrogen and oxygen atoms in total. The van der Waals surface area contributed by atoms with Gasteiger partial charge in [0.15, 0.2) is 0 Å². The van der Waals surface area contributed by atoms with Crippen molar-refractivity contribution in [2.45, 2.75) is 6.42 Å². The summed E-state index contributed by atoms with van der Waals surface area (Å²) in [4.78, 5) is 11.2. The molecule has 1 aliphatic heterocycles. The maximum absolute atomic E-state index is 11.2. The molecule has 128 valence electrons. The van der Waals surface area contributed by atoms with E-state index in [0.29, 0.717) is 12.5 Å². The molecule has 3 aromatic rings. The van der Waals surface area contributed by atoms with Crippen LogP contribution in [-0.4, -0.2) is 40.5 Å². The van der Waals surface area contributed by atoms with Gasteiger partial charge in [-0.05, 0) is 36.2 Å². The Kier molecular flexibility index (Phi) is 4.11. The summed E-state index contributed by atoms with van der Waals surface area (Å²) in [5, 5.41) is 13.5. The van der Waals surface area contributed by atoms with E-state index in [1.807, 2.05) is 24.3 Å². The van der Waals surface area contributed by atoms with Gasteiger partial charge in [-0.3, -0.25) is 0 Å². The molecule has 0 amide bonds.